The molecular formula is C20H24N4O3S. The van der Waals surface area contributed by atoms with E-state index in [9.17, 15) is 4.79 Å². The van der Waals surface area contributed by atoms with Gasteiger partial charge in [0.2, 0.25) is 17.6 Å². The molecule has 0 aliphatic rings. The van der Waals surface area contributed by atoms with E-state index in [1.165, 1.54) is 0 Å². The summed E-state index contributed by atoms with van der Waals surface area (Å²) in [5.41, 5.74) is 2.01. The van der Waals surface area contributed by atoms with Gasteiger partial charge in [0.1, 0.15) is 5.75 Å². The first-order chi connectivity index (χ1) is 13.6. The van der Waals surface area contributed by atoms with E-state index in [1.54, 1.807) is 18.4 Å². The van der Waals surface area contributed by atoms with Gasteiger partial charge in [-0.1, -0.05) is 17.3 Å². The van der Waals surface area contributed by atoms with Gasteiger partial charge in [-0.2, -0.15) is 16.3 Å². The van der Waals surface area contributed by atoms with Crippen LogP contribution in [-0.2, 0) is 11.2 Å². The molecule has 1 amide bonds. The van der Waals surface area contributed by atoms with Gasteiger partial charge in [-0.15, -0.1) is 0 Å². The van der Waals surface area contributed by atoms with Gasteiger partial charge in [0.15, 0.2) is 0 Å². The molecule has 28 heavy (non-hydrogen) atoms. The normalized spacial score (nSPS) is 12.1. The van der Waals surface area contributed by atoms with Crippen LogP contribution < -0.4 is 10.1 Å². The molecule has 0 saturated carbocycles. The quantitative estimate of drug-likeness (QED) is 0.594. The van der Waals surface area contributed by atoms with Crippen molar-refractivity contribution in [1.82, 2.24) is 20.4 Å². The number of thiophene rings is 1. The van der Waals surface area contributed by atoms with Crippen LogP contribution in [0.5, 0.6) is 5.75 Å². The van der Waals surface area contributed by atoms with Crippen LogP contribution >= 0.6 is 11.3 Å². The molecule has 0 saturated heterocycles. The molecule has 148 valence electrons. The van der Waals surface area contributed by atoms with Gasteiger partial charge in [-0.05, 0) is 43.2 Å². The highest BCUT2D eigenvalue weighted by Crippen LogP contribution is 2.22. The third kappa shape index (κ3) is 5.17. The molecule has 1 unspecified atom stereocenters. The summed E-state index contributed by atoms with van der Waals surface area (Å²) in [4.78, 5) is 18.7. The number of nitrogens with zero attached hydrogens (tertiary/aromatic N) is 3. The van der Waals surface area contributed by atoms with Gasteiger partial charge in [0.25, 0.3) is 0 Å². The van der Waals surface area contributed by atoms with Gasteiger partial charge in [-0.25, -0.2) is 0 Å². The lowest BCUT2D eigenvalue weighted by atomic mass is 10.1. The van der Waals surface area contributed by atoms with Crippen LogP contribution in [0, 0.1) is 0 Å². The molecule has 2 aromatic heterocycles. The van der Waals surface area contributed by atoms with Gasteiger partial charge in [0.05, 0.1) is 13.2 Å². The third-order valence-electron chi connectivity index (χ3n) is 4.41. The van der Waals surface area contributed by atoms with E-state index in [-0.39, 0.29) is 11.9 Å². The van der Waals surface area contributed by atoms with E-state index in [2.05, 4.69) is 20.4 Å². The topological polar surface area (TPSA) is 80.5 Å². The van der Waals surface area contributed by atoms with E-state index in [4.69, 9.17) is 9.26 Å². The van der Waals surface area contributed by atoms with E-state index in [0.29, 0.717) is 31.1 Å². The fraction of sp³-hybridized carbons (Fsp3) is 0.350. The zero-order chi connectivity index (χ0) is 19.9. The van der Waals surface area contributed by atoms with Gasteiger partial charge in [0, 0.05) is 30.3 Å². The average Bonchev–Trinajstić information content (AvgIpc) is 3.38. The number of hydrogen-bond donors (Lipinski definition) is 1. The van der Waals surface area contributed by atoms with Crippen molar-refractivity contribution < 1.29 is 14.1 Å². The number of carbonyl (C=O) groups is 1. The molecule has 3 aromatic rings. The van der Waals surface area contributed by atoms with Crippen molar-refractivity contribution in [2.24, 2.45) is 0 Å². The molecule has 8 heteroatoms. The Kier molecular flexibility index (Phi) is 6.78. The number of aryl methyl sites for hydroxylation is 1. The minimum Gasteiger partial charge on any atom is -0.497 e. The maximum absolute atomic E-state index is 12.3. The predicted molar refractivity (Wildman–Crippen MR) is 108 cm³/mol. The van der Waals surface area contributed by atoms with Crippen LogP contribution in [0.15, 0.2) is 45.6 Å². The predicted octanol–water partition coefficient (Wildman–Crippen LogP) is 3.16. The number of carbonyl (C=O) groups excluding carboxylic acids is 1. The van der Waals surface area contributed by atoms with Crippen LogP contribution in [0.25, 0.3) is 11.4 Å². The first kappa shape index (κ1) is 20.0. The van der Waals surface area contributed by atoms with E-state index in [1.807, 2.05) is 55.2 Å². The standard InChI is InChI=1S/C20H24N4O3S/c1-24(2)17(14-5-4-6-16(11-14)26-3)12-21-18(25)7-8-19-22-20(23-27-19)15-9-10-28-13-15/h4-6,9-11,13,17H,7-8,12H2,1-3H3,(H,21,25). The summed E-state index contributed by atoms with van der Waals surface area (Å²) in [6.45, 7) is 0.503. The van der Waals surface area contributed by atoms with Crippen molar-refractivity contribution >= 4 is 17.2 Å². The Hall–Kier alpha value is -2.71. The van der Waals surface area contributed by atoms with Crippen LogP contribution in [0.4, 0.5) is 0 Å². The van der Waals surface area contributed by atoms with Crippen molar-refractivity contribution in [3.8, 4) is 17.1 Å². The number of likely N-dealkylation sites (N-methyl/N-ethyl adjacent to an activating group) is 1. The van der Waals surface area contributed by atoms with Crippen molar-refractivity contribution in [1.29, 1.82) is 0 Å². The SMILES string of the molecule is COc1cccc(C(CNC(=O)CCc2nc(-c3ccsc3)no2)N(C)C)c1. The zero-order valence-corrected chi connectivity index (χ0v) is 17.0. The van der Waals surface area contributed by atoms with Crippen LogP contribution in [0.2, 0.25) is 0 Å². The van der Waals surface area contributed by atoms with Crippen LogP contribution in [-0.4, -0.2) is 48.7 Å². The highest BCUT2D eigenvalue weighted by Gasteiger charge is 2.17. The Morgan fingerprint density at radius 3 is 2.93 bits per heavy atom. The summed E-state index contributed by atoms with van der Waals surface area (Å²) in [6.07, 6.45) is 0.707. The molecule has 0 spiro atoms. The second-order valence-electron chi connectivity index (χ2n) is 6.58. The molecule has 0 aliphatic carbocycles. The Morgan fingerprint density at radius 1 is 1.36 bits per heavy atom. The van der Waals surface area contributed by atoms with Crippen LogP contribution in [0.1, 0.15) is 23.9 Å². The Morgan fingerprint density at radius 2 is 2.21 bits per heavy atom. The van der Waals surface area contributed by atoms with Crippen molar-refractivity contribution in [3.63, 3.8) is 0 Å². The fourth-order valence-corrected chi connectivity index (χ4v) is 3.47. The molecule has 0 aliphatic heterocycles. The summed E-state index contributed by atoms with van der Waals surface area (Å²) >= 11 is 1.58. The van der Waals surface area contributed by atoms with Gasteiger partial charge < -0.3 is 19.5 Å². The Bertz CT molecular complexity index is 893. The van der Waals surface area contributed by atoms with Crippen LogP contribution in [0.3, 0.4) is 0 Å². The fourth-order valence-electron chi connectivity index (χ4n) is 2.83. The number of hydrogen-bond acceptors (Lipinski definition) is 7. The summed E-state index contributed by atoms with van der Waals surface area (Å²) in [5.74, 6) is 1.77. The number of methoxy groups -OCH3 is 1. The number of aromatic nitrogens is 2. The molecule has 1 aromatic carbocycles. The average molecular weight is 401 g/mol. The number of ether oxygens (including phenoxy) is 1. The smallest absolute Gasteiger partial charge is 0.227 e. The van der Waals surface area contributed by atoms with E-state index >= 15 is 0 Å². The molecule has 0 fully saturated rings. The highest BCUT2D eigenvalue weighted by molar-refractivity contribution is 7.08. The van der Waals surface area contributed by atoms with Gasteiger partial charge >= 0.3 is 0 Å². The number of amides is 1. The number of rotatable bonds is 9. The van der Waals surface area contributed by atoms with Crippen molar-refractivity contribution in [3.05, 3.63) is 52.5 Å². The first-order valence-corrected chi connectivity index (χ1v) is 9.93. The number of benzene rings is 1. The summed E-state index contributed by atoms with van der Waals surface area (Å²) in [7, 11) is 5.62. The maximum Gasteiger partial charge on any atom is 0.227 e. The molecule has 0 radical (unpaired) electrons. The lowest BCUT2D eigenvalue weighted by molar-refractivity contribution is -0.121. The molecular weight excluding hydrogens is 376 g/mol. The molecule has 7 nitrogen and oxygen atoms in total. The zero-order valence-electron chi connectivity index (χ0n) is 16.2. The minimum absolute atomic E-state index is 0.0487. The monoisotopic (exact) mass is 400 g/mol. The number of nitrogens with one attached hydrogen (secondary N) is 1. The first-order valence-electron chi connectivity index (χ1n) is 8.99. The molecule has 0 bridgehead atoms. The molecule has 3 rings (SSSR count). The van der Waals surface area contributed by atoms with E-state index < -0.39 is 0 Å². The Balaban J connectivity index is 1.52. The maximum atomic E-state index is 12.3. The molecule has 1 N–H and O–H groups in total. The molecule has 2 heterocycles. The highest BCUT2D eigenvalue weighted by atomic mass is 32.1. The van der Waals surface area contributed by atoms with E-state index in [0.717, 1.165) is 16.9 Å². The van der Waals surface area contributed by atoms with Gasteiger partial charge in [-0.3, -0.25) is 4.79 Å². The largest absolute Gasteiger partial charge is 0.497 e. The minimum atomic E-state index is -0.0509. The second kappa shape index (κ2) is 9.48. The van der Waals surface area contributed by atoms with Crippen molar-refractivity contribution in [2.75, 3.05) is 27.7 Å². The Labute approximate surface area is 168 Å². The molecule has 1 atom stereocenters. The summed E-state index contributed by atoms with van der Waals surface area (Å²) in [6, 6.07) is 9.86. The lowest BCUT2D eigenvalue weighted by Crippen LogP contribution is -2.34. The second-order valence-corrected chi connectivity index (χ2v) is 7.36. The van der Waals surface area contributed by atoms with Crippen molar-refractivity contribution in [2.45, 2.75) is 18.9 Å². The summed E-state index contributed by atoms with van der Waals surface area (Å²) < 4.78 is 10.5. The summed E-state index contributed by atoms with van der Waals surface area (Å²) in [5, 5.41) is 10.9. The third-order valence-corrected chi connectivity index (χ3v) is 5.09. The lowest BCUT2D eigenvalue weighted by Gasteiger charge is -2.25.